The van der Waals surface area contributed by atoms with E-state index in [1.165, 1.54) is 11.1 Å². The number of hydrogen-bond acceptors (Lipinski definition) is 3. The lowest BCUT2D eigenvalue weighted by molar-refractivity contribution is 0.375. The van der Waals surface area contributed by atoms with Gasteiger partial charge in [0.1, 0.15) is 5.75 Å². The fourth-order valence-electron chi connectivity index (χ4n) is 3.61. The molecule has 0 aliphatic carbocycles. The van der Waals surface area contributed by atoms with Crippen LogP contribution >= 0.6 is 8.60 Å². The van der Waals surface area contributed by atoms with E-state index in [0.29, 0.717) is 5.75 Å². The van der Waals surface area contributed by atoms with Crippen molar-refractivity contribution in [3.05, 3.63) is 76.9 Å². The Balaban J connectivity index is 2.40. The first-order valence-electron chi connectivity index (χ1n) is 8.52. The summed E-state index contributed by atoms with van der Waals surface area (Å²) in [5, 5.41) is 0. The van der Waals surface area contributed by atoms with Gasteiger partial charge in [0, 0.05) is 5.56 Å². The SMILES string of the molecule is Cc1cccc(C)c1-c1cccc(OP(O)O)c1-c1c(C)cccc1C. The summed E-state index contributed by atoms with van der Waals surface area (Å²) in [7, 11) is -2.50. The standard InChI is InChI=1S/C22H23O3P/c1-14-8-5-9-15(2)20(14)18-12-7-13-19(25-26(23)24)22(18)21-16(3)10-6-11-17(21)4/h5-13,23-24H,1-4H3. The zero-order chi connectivity index (χ0) is 18.8. The summed E-state index contributed by atoms with van der Waals surface area (Å²) in [5.41, 5.74) is 8.73. The lowest BCUT2D eigenvalue weighted by Crippen LogP contribution is -1.98. The van der Waals surface area contributed by atoms with Crippen LogP contribution in [0.5, 0.6) is 5.75 Å². The molecule has 0 spiro atoms. The zero-order valence-electron chi connectivity index (χ0n) is 15.4. The van der Waals surface area contributed by atoms with Gasteiger partial charge in [-0.05, 0) is 72.7 Å². The molecule has 4 heteroatoms. The van der Waals surface area contributed by atoms with Crippen molar-refractivity contribution in [1.82, 2.24) is 0 Å². The Labute approximate surface area is 155 Å². The maximum Gasteiger partial charge on any atom is 0.391 e. The van der Waals surface area contributed by atoms with Crippen LogP contribution in [0.4, 0.5) is 0 Å². The smallest absolute Gasteiger partial charge is 0.391 e. The second kappa shape index (κ2) is 7.59. The summed E-state index contributed by atoms with van der Waals surface area (Å²) in [6, 6.07) is 18.1. The minimum atomic E-state index is -2.50. The second-order valence-electron chi connectivity index (χ2n) is 6.56. The van der Waals surface area contributed by atoms with Crippen molar-refractivity contribution in [2.24, 2.45) is 0 Å². The Morgan fingerprint density at radius 2 is 1.08 bits per heavy atom. The third-order valence-electron chi connectivity index (χ3n) is 4.69. The van der Waals surface area contributed by atoms with E-state index in [2.05, 4.69) is 58.0 Å². The molecular weight excluding hydrogens is 343 g/mol. The predicted octanol–water partition coefficient (Wildman–Crippen LogP) is 5.84. The van der Waals surface area contributed by atoms with Gasteiger partial charge in [-0.25, -0.2) is 0 Å². The van der Waals surface area contributed by atoms with E-state index < -0.39 is 8.60 Å². The van der Waals surface area contributed by atoms with Crippen LogP contribution in [0.2, 0.25) is 0 Å². The van der Waals surface area contributed by atoms with E-state index in [1.54, 1.807) is 6.07 Å². The van der Waals surface area contributed by atoms with Gasteiger partial charge in [0.25, 0.3) is 0 Å². The van der Waals surface area contributed by atoms with Crippen molar-refractivity contribution >= 4 is 8.60 Å². The average molecular weight is 366 g/mol. The van der Waals surface area contributed by atoms with Gasteiger partial charge in [-0.2, -0.15) is 0 Å². The van der Waals surface area contributed by atoms with Crippen molar-refractivity contribution in [3.63, 3.8) is 0 Å². The van der Waals surface area contributed by atoms with Crippen LogP contribution in [-0.2, 0) is 0 Å². The summed E-state index contributed by atoms with van der Waals surface area (Å²) in [4.78, 5) is 19.0. The first-order valence-corrected chi connectivity index (χ1v) is 9.68. The molecule has 134 valence electrons. The maximum absolute atomic E-state index is 9.48. The molecule has 0 heterocycles. The minimum Gasteiger partial charge on any atom is -0.426 e. The van der Waals surface area contributed by atoms with E-state index in [-0.39, 0.29) is 0 Å². The topological polar surface area (TPSA) is 49.7 Å². The molecule has 0 saturated carbocycles. The third kappa shape index (κ3) is 3.52. The molecule has 2 N–H and O–H groups in total. The van der Waals surface area contributed by atoms with E-state index in [4.69, 9.17) is 4.52 Å². The maximum atomic E-state index is 9.48. The van der Waals surface area contributed by atoms with Crippen LogP contribution in [0.1, 0.15) is 22.3 Å². The monoisotopic (exact) mass is 366 g/mol. The molecule has 0 atom stereocenters. The summed E-state index contributed by atoms with van der Waals surface area (Å²) in [6.07, 6.45) is 0. The van der Waals surface area contributed by atoms with Crippen LogP contribution in [0, 0.1) is 27.7 Å². The molecule has 0 radical (unpaired) electrons. The highest BCUT2D eigenvalue weighted by Gasteiger charge is 2.20. The van der Waals surface area contributed by atoms with E-state index >= 15 is 0 Å². The summed E-state index contributed by atoms with van der Waals surface area (Å²) >= 11 is 0. The van der Waals surface area contributed by atoms with E-state index in [9.17, 15) is 9.79 Å². The van der Waals surface area contributed by atoms with Crippen LogP contribution in [0.25, 0.3) is 22.3 Å². The molecule has 0 aliphatic heterocycles. The van der Waals surface area contributed by atoms with Gasteiger partial charge in [-0.3, -0.25) is 0 Å². The molecule has 3 aromatic carbocycles. The third-order valence-corrected chi connectivity index (χ3v) is 5.05. The number of aryl methyl sites for hydroxylation is 4. The van der Waals surface area contributed by atoms with Crippen LogP contribution in [0.15, 0.2) is 54.6 Å². The molecule has 3 aromatic rings. The van der Waals surface area contributed by atoms with Crippen molar-refractivity contribution < 1.29 is 14.3 Å². The molecule has 0 unspecified atom stereocenters. The summed E-state index contributed by atoms with van der Waals surface area (Å²) < 4.78 is 5.43. The largest absolute Gasteiger partial charge is 0.426 e. The van der Waals surface area contributed by atoms with Gasteiger partial charge >= 0.3 is 8.60 Å². The molecule has 3 rings (SSSR count). The fourth-order valence-corrected chi connectivity index (χ4v) is 3.94. The molecule has 26 heavy (non-hydrogen) atoms. The van der Waals surface area contributed by atoms with Gasteiger partial charge in [-0.1, -0.05) is 48.5 Å². The number of rotatable bonds is 4. The molecule has 0 aromatic heterocycles. The Hall–Kier alpha value is -2.19. The van der Waals surface area contributed by atoms with Gasteiger partial charge in [0.2, 0.25) is 0 Å². The second-order valence-corrected chi connectivity index (χ2v) is 7.24. The van der Waals surface area contributed by atoms with Crippen LogP contribution < -0.4 is 4.52 Å². The molecule has 0 fully saturated rings. The van der Waals surface area contributed by atoms with Crippen LogP contribution in [-0.4, -0.2) is 9.79 Å². The van der Waals surface area contributed by atoms with Gasteiger partial charge in [-0.15, -0.1) is 0 Å². The Bertz CT molecular complexity index is 908. The Kier molecular flexibility index (Phi) is 5.43. The number of hydrogen-bond donors (Lipinski definition) is 2. The highest BCUT2D eigenvalue weighted by molar-refractivity contribution is 7.39. The van der Waals surface area contributed by atoms with E-state index in [0.717, 1.165) is 33.4 Å². The lowest BCUT2D eigenvalue weighted by atomic mass is 9.86. The van der Waals surface area contributed by atoms with Crippen molar-refractivity contribution in [2.45, 2.75) is 27.7 Å². The van der Waals surface area contributed by atoms with Crippen molar-refractivity contribution in [3.8, 4) is 28.0 Å². The Morgan fingerprint density at radius 1 is 0.615 bits per heavy atom. The highest BCUT2D eigenvalue weighted by Crippen LogP contribution is 2.46. The first kappa shape index (κ1) is 18.6. The zero-order valence-corrected chi connectivity index (χ0v) is 16.3. The molecule has 0 amide bonds. The van der Waals surface area contributed by atoms with Crippen molar-refractivity contribution in [2.75, 3.05) is 0 Å². The summed E-state index contributed by atoms with van der Waals surface area (Å²) in [5.74, 6) is 0.485. The average Bonchev–Trinajstić information content (AvgIpc) is 2.56. The normalized spacial score (nSPS) is 11.0. The van der Waals surface area contributed by atoms with Crippen molar-refractivity contribution in [1.29, 1.82) is 0 Å². The lowest BCUT2D eigenvalue weighted by Gasteiger charge is -2.21. The molecule has 0 bridgehead atoms. The highest BCUT2D eigenvalue weighted by atomic mass is 31.2. The van der Waals surface area contributed by atoms with Gasteiger partial charge in [0.15, 0.2) is 0 Å². The van der Waals surface area contributed by atoms with E-state index in [1.807, 2.05) is 18.2 Å². The Morgan fingerprint density at radius 3 is 1.58 bits per heavy atom. The molecular formula is C22H23O3P. The first-order chi connectivity index (χ1) is 12.4. The molecule has 0 aliphatic rings. The molecule has 3 nitrogen and oxygen atoms in total. The summed E-state index contributed by atoms with van der Waals surface area (Å²) in [6.45, 7) is 8.31. The fraction of sp³-hybridized carbons (Fsp3) is 0.182. The van der Waals surface area contributed by atoms with Crippen LogP contribution in [0.3, 0.4) is 0 Å². The molecule has 0 saturated heterocycles. The number of benzene rings is 3. The quantitative estimate of drug-likeness (QED) is 0.570. The predicted molar refractivity (Wildman–Crippen MR) is 108 cm³/mol. The minimum absolute atomic E-state index is 0.485. The van der Waals surface area contributed by atoms with Gasteiger partial charge in [0.05, 0.1) is 0 Å². The van der Waals surface area contributed by atoms with Gasteiger partial charge < -0.3 is 14.3 Å².